The molecule has 2 aromatic carbocycles. The van der Waals surface area contributed by atoms with E-state index in [1.54, 1.807) is 11.3 Å². The highest BCUT2D eigenvalue weighted by molar-refractivity contribution is 7.18. The summed E-state index contributed by atoms with van der Waals surface area (Å²) in [7, 11) is 0. The molecule has 0 aliphatic carbocycles. The van der Waals surface area contributed by atoms with Gasteiger partial charge in [-0.15, -0.1) is 11.3 Å². The quantitative estimate of drug-likeness (QED) is 0.446. The number of para-hydroxylation sites is 1. The van der Waals surface area contributed by atoms with Gasteiger partial charge in [-0.1, -0.05) is 24.3 Å². The summed E-state index contributed by atoms with van der Waals surface area (Å²) in [6.45, 7) is 4.56. The number of fused-ring (bicyclic) bond motifs is 1. The summed E-state index contributed by atoms with van der Waals surface area (Å²) in [5, 5.41) is 5.53. The maximum atomic E-state index is 11.6. The lowest BCUT2D eigenvalue weighted by molar-refractivity contribution is 0.252. The number of rotatable bonds is 4. The number of H-pyrrole nitrogens is 1. The van der Waals surface area contributed by atoms with Crippen molar-refractivity contribution in [1.29, 1.82) is 0 Å². The SMILES string of the molecule is CCNC(=O)Nc1ccc(-c2ccc(-c3nc4c(C)cccc4[nH]3)s2)cc1. The van der Waals surface area contributed by atoms with E-state index in [4.69, 9.17) is 4.98 Å². The van der Waals surface area contributed by atoms with Crippen molar-refractivity contribution in [3.8, 4) is 21.1 Å². The van der Waals surface area contributed by atoms with Crippen LogP contribution >= 0.6 is 11.3 Å². The zero-order chi connectivity index (χ0) is 18.8. The fraction of sp³-hybridized carbons (Fsp3) is 0.143. The molecular weight excluding hydrogens is 356 g/mol. The van der Waals surface area contributed by atoms with E-state index in [2.05, 4.69) is 40.7 Å². The third-order valence-electron chi connectivity index (χ3n) is 4.32. The smallest absolute Gasteiger partial charge is 0.319 e. The number of thiophene rings is 1. The van der Waals surface area contributed by atoms with Crippen LogP contribution in [0.15, 0.2) is 54.6 Å². The largest absolute Gasteiger partial charge is 0.338 e. The lowest BCUT2D eigenvalue weighted by Crippen LogP contribution is -2.28. The minimum absolute atomic E-state index is 0.191. The molecule has 0 atom stereocenters. The molecule has 0 saturated carbocycles. The first-order chi connectivity index (χ1) is 13.1. The van der Waals surface area contributed by atoms with Crippen molar-refractivity contribution in [2.45, 2.75) is 13.8 Å². The molecule has 0 spiro atoms. The van der Waals surface area contributed by atoms with Gasteiger partial charge in [-0.3, -0.25) is 0 Å². The standard InChI is InChI=1S/C21H20N4OS/c1-3-22-21(26)23-15-9-7-14(8-10-15)17-11-12-18(27-17)20-24-16-6-4-5-13(2)19(16)25-20/h4-12H,3H2,1-2H3,(H,24,25)(H2,22,23,26). The van der Waals surface area contributed by atoms with Crippen LogP contribution in [0.25, 0.3) is 32.2 Å². The minimum Gasteiger partial charge on any atom is -0.338 e. The first kappa shape index (κ1) is 17.3. The van der Waals surface area contributed by atoms with Gasteiger partial charge in [0.25, 0.3) is 0 Å². The van der Waals surface area contributed by atoms with Crippen LogP contribution in [0, 0.1) is 6.92 Å². The highest BCUT2D eigenvalue weighted by Gasteiger charge is 2.10. The minimum atomic E-state index is -0.191. The van der Waals surface area contributed by atoms with Crippen molar-refractivity contribution >= 4 is 34.1 Å². The van der Waals surface area contributed by atoms with Crippen molar-refractivity contribution in [3.05, 3.63) is 60.2 Å². The van der Waals surface area contributed by atoms with Crippen molar-refractivity contribution in [2.24, 2.45) is 0 Å². The van der Waals surface area contributed by atoms with Crippen LogP contribution in [-0.2, 0) is 0 Å². The van der Waals surface area contributed by atoms with Gasteiger partial charge in [-0.2, -0.15) is 0 Å². The van der Waals surface area contributed by atoms with Crippen molar-refractivity contribution in [3.63, 3.8) is 0 Å². The Balaban J connectivity index is 1.56. The van der Waals surface area contributed by atoms with E-state index in [-0.39, 0.29) is 6.03 Å². The van der Waals surface area contributed by atoms with E-state index in [9.17, 15) is 4.79 Å². The maximum Gasteiger partial charge on any atom is 0.319 e. The Morgan fingerprint density at radius 2 is 1.85 bits per heavy atom. The van der Waals surface area contributed by atoms with Gasteiger partial charge in [0.2, 0.25) is 0 Å². The summed E-state index contributed by atoms with van der Waals surface area (Å²) >= 11 is 1.69. The predicted molar refractivity (Wildman–Crippen MR) is 112 cm³/mol. The zero-order valence-electron chi connectivity index (χ0n) is 15.2. The molecular formula is C21H20N4OS. The van der Waals surface area contributed by atoms with Crippen LogP contribution < -0.4 is 10.6 Å². The number of aromatic nitrogens is 2. The van der Waals surface area contributed by atoms with Crippen LogP contribution in [0.5, 0.6) is 0 Å². The van der Waals surface area contributed by atoms with Gasteiger partial charge >= 0.3 is 6.03 Å². The van der Waals surface area contributed by atoms with Gasteiger partial charge in [-0.05, 0) is 55.3 Å². The number of carbonyl (C=O) groups is 1. The number of amides is 2. The number of benzene rings is 2. The average molecular weight is 376 g/mol. The number of carbonyl (C=O) groups excluding carboxylic acids is 1. The van der Waals surface area contributed by atoms with Crippen LogP contribution in [-0.4, -0.2) is 22.5 Å². The number of hydrogen-bond donors (Lipinski definition) is 3. The Hall–Kier alpha value is -3.12. The molecule has 27 heavy (non-hydrogen) atoms. The van der Waals surface area contributed by atoms with Gasteiger partial charge in [0.05, 0.1) is 15.9 Å². The van der Waals surface area contributed by atoms with Gasteiger partial charge in [0.1, 0.15) is 5.82 Å². The second-order valence-electron chi connectivity index (χ2n) is 6.28. The molecule has 136 valence electrons. The normalized spacial score (nSPS) is 10.9. The highest BCUT2D eigenvalue weighted by Crippen LogP contribution is 2.34. The van der Waals surface area contributed by atoms with Crippen LogP contribution in [0.2, 0.25) is 0 Å². The molecule has 5 nitrogen and oxygen atoms in total. The van der Waals surface area contributed by atoms with Crippen molar-refractivity contribution in [2.75, 3.05) is 11.9 Å². The lowest BCUT2D eigenvalue weighted by atomic mass is 10.2. The second kappa shape index (κ2) is 7.25. The molecule has 0 unspecified atom stereocenters. The van der Waals surface area contributed by atoms with E-state index in [1.165, 1.54) is 5.56 Å². The number of aryl methyl sites for hydroxylation is 1. The Kier molecular flexibility index (Phi) is 4.64. The van der Waals surface area contributed by atoms with Gasteiger partial charge in [0.15, 0.2) is 0 Å². The molecule has 2 aromatic heterocycles. The molecule has 3 N–H and O–H groups in total. The average Bonchev–Trinajstić information content (AvgIpc) is 3.30. The second-order valence-corrected chi connectivity index (χ2v) is 7.37. The Morgan fingerprint density at radius 1 is 1.07 bits per heavy atom. The van der Waals surface area contributed by atoms with Gasteiger partial charge < -0.3 is 15.6 Å². The fourth-order valence-electron chi connectivity index (χ4n) is 2.97. The lowest BCUT2D eigenvalue weighted by Gasteiger charge is -2.06. The molecule has 0 radical (unpaired) electrons. The van der Waals surface area contributed by atoms with E-state index >= 15 is 0 Å². The Morgan fingerprint density at radius 3 is 2.59 bits per heavy atom. The van der Waals surface area contributed by atoms with E-state index in [0.29, 0.717) is 6.54 Å². The third-order valence-corrected chi connectivity index (χ3v) is 5.46. The Bertz CT molecular complexity index is 1100. The van der Waals surface area contributed by atoms with E-state index in [1.807, 2.05) is 43.3 Å². The molecule has 0 fully saturated rings. The predicted octanol–water partition coefficient (Wildman–Crippen LogP) is 5.41. The summed E-state index contributed by atoms with van der Waals surface area (Å²) in [5.74, 6) is 0.894. The highest BCUT2D eigenvalue weighted by atomic mass is 32.1. The molecule has 0 bridgehead atoms. The Labute approximate surface area is 161 Å². The van der Waals surface area contributed by atoms with E-state index < -0.39 is 0 Å². The molecule has 0 aliphatic rings. The third kappa shape index (κ3) is 3.57. The van der Waals surface area contributed by atoms with Gasteiger partial charge in [-0.25, -0.2) is 9.78 Å². The molecule has 2 amide bonds. The molecule has 2 heterocycles. The number of nitrogens with one attached hydrogen (secondary N) is 3. The van der Waals surface area contributed by atoms with Crippen LogP contribution in [0.3, 0.4) is 0 Å². The number of urea groups is 1. The monoisotopic (exact) mass is 376 g/mol. The topological polar surface area (TPSA) is 69.8 Å². The summed E-state index contributed by atoms with van der Waals surface area (Å²) < 4.78 is 0. The van der Waals surface area contributed by atoms with Crippen molar-refractivity contribution < 1.29 is 4.79 Å². The molecule has 4 aromatic rings. The fourth-order valence-corrected chi connectivity index (χ4v) is 3.92. The van der Waals surface area contributed by atoms with Gasteiger partial charge in [0, 0.05) is 17.1 Å². The summed E-state index contributed by atoms with van der Waals surface area (Å²) in [6, 6.07) is 18.0. The molecule has 6 heteroatoms. The molecule has 0 saturated heterocycles. The number of nitrogens with zero attached hydrogens (tertiary/aromatic N) is 1. The number of aromatic amines is 1. The molecule has 0 aliphatic heterocycles. The number of anilines is 1. The zero-order valence-corrected chi connectivity index (χ0v) is 16.0. The molecule has 4 rings (SSSR count). The summed E-state index contributed by atoms with van der Waals surface area (Å²) in [4.78, 5) is 22.0. The maximum absolute atomic E-state index is 11.6. The van der Waals surface area contributed by atoms with E-state index in [0.717, 1.165) is 37.9 Å². The first-order valence-corrected chi connectivity index (χ1v) is 9.66. The number of hydrogen-bond acceptors (Lipinski definition) is 3. The van der Waals surface area contributed by atoms with Crippen molar-refractivity contribution in [1.82, 2.24) is 15.3 Å². The first-order valence-electron chi connectivity index (χ1n) is 8.85. The van der Waals surface area contributed by atoms with Crippen LogP contribution in [0.1, 0.15) is 12.5 Å². The van der Waals surface area contributed by atoms with Crippen LogP contribution in [0.4, 0.5) is 10.5 Å². The summed E-state index contributed by atoms with van der Waals surface area (Å²) in [5.41, 5.74) is 5.13. The summed E-state index contributed by atoms with van der Waals surface area (Å²) in [6.07, 6.45) is 0. The number of imidazole rings is 1.